The fourth-order valence-corrected chi connectivity index (χ4v) is 2.99. The Morgan fingerprint density at radius 3 is 2.76 bits per heavy atom. The minimum Gasteiger partial charge on any atom is -0.381 e. The normalized spacial score (nSPS) is 28.8. The molecule has 100 valence electrons. The van der Waals surface area contributed by atoms with Crippen LogP contribution in [0, 0.1) is 0 Å². The van der Waals surface area contributed by atoms with Crippen molar-refractivity contribution in [2.45, 2.75) is 43.7 Å². The summed E-state index contributed by atoms with van der Waals surface area (Å²) in [6.07, 6.45) is 5.54. The molecule has 0 saturated carbocycles. The van der Waals surface area contributed by atoms with Gasteiger partial charge in [-0.1, -0.05) is 0 Å². The Morgan fingerprint density at radius 2 is 2.06 bits per heavy atom. The van der Waals surface area contributed by atoms with Gasteiger partial charge in [-0.05, 0) is 52.2 Å². The molecule has 4 heteroatoms. The standard InChI is InChI=1S/C13H26N2O2/c1-15(7-2-6-14)12-3-8-17-13(11-12)4-9-16-10-5-13/h12H,2-11,14H2,1H3. The van der Waals surface area contributed by atoms with Gasteiger partial charge < -0.3 is 20.1 Å². The lowest BCUT2D eigenvalue weighted by atomic mass is 9.83. The Labute approximate surface area is 104 Å². The average molecular weight is 242 g/mol. The van der Waals surface area contributed by atoms with Gasteiger partial charge >= 0.3 is 0 Å². The van der Waals surface area contributed by atoms with Crippen LogP contribution in [0.1, 0.15) is 32.1 Å². The summed E-state index contributed by atoms with van der Waals surface area (Å²) in [7, 11) is 2.22. The van der Waals surface area contributed by atoms with E-state index in [2.05, 4.69) is 11.9 Å². The van der Waals surface area contributed by atoms with Crippen LogP contribution in [-0.2, 0) is 9.47 Å². The molecule has 0 radical (unpaired) electrons. The third kappa shape index (κ3) is 3.41. The molecule has 1 spiro atoms. The average Bonchev–Trinajstić information content (AvgIpc) is 2.37. The van der Waals surface area contributed by atoms with E-state index in [1.165, 1.54) is 0 Å². The molecule has 2 heterocycles. The van der Waals surface area contributed by atoms with E-state index in [0.29, 0.717) is 6.04 Å². The Balaban J connectivity index is 1.87. The van der Waals surface area contributed by atoms with Gasteiger partial charge in [-0.15, -0.1) is 0 Å². The molecule has 0 aromatic heterocycles. The molecule has 0 aliphatic carbocycles. The number of rotatable bonds is 4. The molecule has 0 aromatic carbocycles. The quantitative estimate of drug-likeness (QED) is 0.799. The van der Waals surface area contributed by atoms with E-state index in [9.17, 15) is 0 Å². The molecule has 0 bridgehead atoms. The van der Waals surface area contributed by atoms with Crippen molar-refractivity contribution >= 4 is 0 Å². The molecule has 2 aliphatic rings. The van der Waals surface area contributed by atoms with Gasteiger partial charge in [0.25, 0.3) is 0 Å². The molecular formula is C13H26N2O2. The highest BCUT2D eigenvalue weighted by atomic mass is 16.5. The van der Waals surface area contributed by atoms with Crippen LogP contribution in [0.2, 0.25) is 0 Å². The van der Waals surface area contributed by atoms with Gasteiger partial charge in [0, 0.05) is 25.9 Å². The van der Waals surface area contributed by atoms with Gasteiger partial charge in [0.15, 0.2) is 0 Å². The minimum absolute atomic E-state index is 0.109. The first-order chi connectivity index (χ1) is 8.26. The van der Waals surface area contributed by atoms with Gasteiger partial charge in [0.1, 0.15) is 0 Å². The number of ether oxygens (including phenoxy) is 2. The van der Waals surface area contributed by atoms with Gasteiger partial charge in [-0.25, -0.2) is 0 Å². The third-order valence-corrected chi connectivity index (χ3v) is 4.21. The molecule has 2 aliphatic heterocycles. The molecule has 2 fully saturated rings. The maximum atomic E-state index is 6.06. The van der Waals surface area contributed by atoms with Crippen molar-refractivity contribution in [1.82, 2.24) is 4.90 Å². The van der Waals surface area contributed by atoms with Crippen molar-refractivity contribution in [3.05, 3.63) is 0 Å². The van der Waals surface area contributed by atoms with Crippen molar-refractivity contribution in [1.29, 1.82) is 0 Å². The number of nitrogens with zero attached hydrogens (tertiary/aromatic N) is 1. The SMILES string of the molecule is CN(CCCN)C1CCOC2(CCOCC2)C1. The molecule has 0 aromatic rings. The van der Waals surface area contributed by atoms with E-state index < -0.39 is 0 Å². The van der Waals surface area contributed by atoms with E-state index in [1.54, 1.807) is 0 Å². The molecule has 2 saturated heterocycles. The first kappa shape index (κ1) is 13.3. The molecule has 0 amide bonds. The fourth-order valence-electron chi connectivity index (χ4n) is 2.99. The number of nitrogens with two attached hydrogens (primary N) is 1. The topological polar surface area (TPSA) is 47.7 Å². The zero-order chi connectivity index (χ0) is 12.1. The van der Waals surface area contributed by atoms with Crippen LogP contribution < -0.4 is 5.73 Å². The van der Waals surface area contributed by atoms with E-state index in [0.717, 1.165) is 65.0 Å². The summed E-state index contributed by atoms with van der Waals surface area (Å²) in [6.45, 7) is 4.51. The van der Waals surface area contributed by atoms with E-state index >= 15 is 0 Å². The summed E-state index contributed by atoms with van der Waals surface area (Å²) in [4.78, 5) is 2.46. The highest BCUT2D eigenvalue weighted by Crippen LogP contribution is 2.35. The number of hydrogen-bond acceptors (Lipinski definition) is 4. The van der Waals surface area contributed by atoms with Gasteiger partial charge in [-0.3, -0.25) is 0 Å². The van der Waals surface area contributed by atoms with Crippen LogP contribution in [0.25, 0.3) is 0 Å². The van der Waals surface area contributed by atoms with E-state index in [4.69, 9.17) is 15.2 Å². The van der Waals surface area contributed by atoms with Crippen molar-refractivity contribution in [3.8, 4) is 0 Å². The molecular weight excluding hydrogens is 216 g/mol. The van der Waals surface area contributed by atoms with E-state index in [-0.39, 0.29) is 5.60 Å². The van der Waals surface area contributed by atoms with Gasteiger partial charge in [0.05, 0.1) is 5.60 Å². The predicted molar refractivity (Wildman–Crippen MR) is 68.1 cm³/mol. The molecule has 2 N–H and O–H groups in total. The lowest BCUT2D eigenvalue weighted by Gasteiger charge is -2.45. The Bertz CT molecular complexity index is 224. The molecule has 4 nitrogen and oxygen atoms in total. The summed E-state index contributed by atoms with van der Waals surface area (Å²) < 4.78 is 11.5. The molecule has 1 unspecified atom stereocenters. The highest BCUT2D eigenvalue weighted by molar-refractivity contribution is 4.91. The summed E-state index contributed by atoms with van der Waals surface area (Å²) in [6, 6.07) is 0.661. The first-order valence-electron chi connectivity index (χ1n) is 6.88. The largest absolute Gasteiger partial charge is 0.381 e. The van der Waals surface area contributed by atoms with Crippen molar-refractivity contribution in [2.24, 2.45) is 5.73 Å². The minimum atomic E-state index is 0.109. The highest BCUT2D eigenvalue weighted by Gasteiger charge is 2.39. The fraction of sp³-hybridized carbons (Fsp3) is 1.00. The summed E-state index contributed by atoms with van der Waals surface area (Å²) in [5.41, 5.74) is 5.68. The second-order valence-corrected chi connectivity index (χ2v) is 5.41. The van der Waals surface area contributed by atoms with E-state index in [1.807, 2.05) is 0 Å². The zero-order valence-electron chi connectivity index (χ0n) is 11.0. The Kier molecular flexibility index (Phi) is 4.79. The van der Waals surface area contributed by atoms with Crippen LogP contribution in [0.4, 0.5) is 0 Å². The first-order valence-corrected chi connectivity index (χ1v) is 6.88. The second kappa shape index (κ2) is 6.14. The van der Waals surface area contributed by atoms with Gasteiger partial charge in [-0.2, -0.15) is 0 Å². The Hall–Kier alpha value is -0.160. The monoisotopic (exact) mass is 242 g/mol. The molecule has 17 heavy (non-hydrogen) atoms. The molecule has 2 rings (SSSR count). The smallest absolute Gasteiger partial charge is 0.0741 e. The van der Waals surface area contributed by atoms with Crippen LogP contribution in [-0.4, -0.2) is 56.5 Å². The second-order valence-electron chi connectivity index (χ2n) is 5.41. The summed E-state index contributed by atoms with van der Waals surface area (Å²) in [5, 5.41) is 0. The zero-order valence-corrected chi connectivity index (χ0v) is 11.0. The van der Waals surface area contributed by atoms with Crippen molar-refractivity contribution in [2.75, 3.05) is 40.0 Å². The van der Waals surface area contributed by atoms with Crippen LogP contribution in [0.15, 0.2) is 0 Å². The van der Waals surface area contributed by atoms with Crippen molar-refractivity contribution < 1.29 is 9.47 Å². The maximum Gasteiger partial charge on any atom is 0.0741 e. The lowest BCUT2D eigenvalue weighted by Crippen LogP contribution is -2.50. The van der Waals surface area contributed by atoms with Crippen LogP contribution >= 0.6 is 0 Å². The summed E-state index contributed by atoms with van der Waals surface area (Å²) in [5.74, 6) is 0. The predicted octanol–water partition coefficient (Wildman–Crippen LogP) is 0.995. The summed E-state index contributed by atoms with van der Waals surface area (Å²) >= 11 is 0. The maximum absolute atomic E-state index is 6.06. The number of hydrogen-bond donors (Lipinski definition) is 1. The Morgan fingerprint density at radius 1 is 1.29 bits per heavy atom. The molecule has 1 atom stereocenters. The van der Waals surface area contributed by atoms with Crippen LogP contribution in [0.5, 0.6) is 0 Å². The van der Waals surface area contributed by atoms with Crippen LogP contribution in [0.3, 0.4) is 0 Å². The third-order valence-electron chi connectivity index (χ3n) is 4.21. The lowest BCUT2D eigenvalue weighted by molar-refractivity contribution is -0.149. The van der Waals surface area contributed by atoms with Crippen molar-refractivity contribution in [3.63, 3.8) is 0 Å². The van der Waals surface area contributed by atoms with Gasteiger partial charge in [0.2, 0.25) is 0 Å².